The number of aryl methyl sites for hydroxylation is 1. The lowest BCUT2D eigenvalue weighted by molar-refractivity contribution is -0.126. The molecule has 134 valence electrons. The highest BCUT2D eigenvalue weighted by molar-refractivity contribution is 8.15. The third kappa shape index (κ3) is 4.61. The molecule has 1 saturated heterocycles. The van der Waals surface area contributed by atoms with E-state index in [4.69, 9.17) is 0 Å². The molecule has 1 aliphatic heterocycles. The number of rotatable bonds is 6. The topological polar surface area (TPSA) is 45.0 Å². The van der Waals surface area contributed by atoms with Gasteiger partial charge in [0.15, 0.2) is 5.17 Å². The Morgan fingerprint density at radius 1 is 1.12 bits per heavy atom. The number of thioether (sulfide) groups is 1. The Balaban J connectivity index is 1.79. The highest BCUT2D eigenvalue weighted by Gasteiger charge is 2.37. The summed E-state index contributed by atoms with van der Waals surface area (Å²) in [7, 11) is 0. The van der Waals surface area contributed by atoms with Gasteiger partial charge in [-0.15, -0.1) is 5.10 Å². The molecule has 0 radical (unpaired) electrons. The van der Waals surface area contributed by atoms with E-state index in [-0.39, 0.29) is 11.2 Å². The third-order valence-corrected chi connectivity index (χ3v) is 5.42. The monoisotopic (exact) mass is 365 g/mol. The van der Waals surface area contributed by atoms with Gasteiger partial charge in [-0.05, 0) is 24.5 Å². The molecule has 1 amide bonds. The zero-order valence-electron chi connectivity index (χ0n) is 15.1. The summed E-state index contributed by atoms with van der Waals surface area (Å²) in [5, 5.41) is 9.20. The molecule has 0 spiro atoms. The Bertz CT molecular complexity index is 800. The number of carbonyl (C=O) groups excluding carboxylic acids is 1. The number of amides is 1. The van der Waals surface area contributed by atoms with Crippen molar-refractivity contribution in [3.8, 4) is 0 Å². The summed E-state index contributed by atoms with van der Waals surface area (Å²) in [4.78, 5) is 14.5. The van der Waals surface area contributed by atoms with Crippen LogP contribution in [0.15, 0.2) is 64.8 Å². The molecular formula is C21H23N3OS. The van der Waals surface area contributed by atoms with Gasteiger partial charge in [0.1, 0.15) is 0 Å². The molecule has 1 atom stereocenters. The van der Waals surface area contributed by atoms with Crippen LogP contribution in [-0.2, 0) is 11.3 Å². The molecule has 1 unspecified atom stereocenters. The Hall–Kier alpha value is -2.40. The van der Waals surface area contributed by atoms with Gasteiger partial charge in [-0.2, -0.15) is 5.10 Å². The van der Waals surface area contributed by atoms with Crippen LogP contribution in [0.4, 0.5) is 0 Å². The molecular weight excluding hydrogens is 342 g/mol. The largest absolute Gasteiger partial charge is 0.284 e. The second-order valence-corrected chi connectivity index (χ2v) is 7.51. The lowest BCUT2D eigenvalue weighted by atomic mass is 10.2. The maximum Gasteiger partial charge on any atom is 0.242 e. The Morgan fingerprint density at radius 2 is 1.85 bits per heavy atom. The molecule has 1 fully saturated rings. The lowest BCUT2D eigenvalue weighted by Gasteiger charge is -2.15. The summed E-state index contributed by atoms with van der Waals surface area (Å²) < 4.78 is 0. The standard InChI is InChI=1S/C21H23N3OS/c1-3-7-19-20(25)24(15-18-8-5-4-6-9-18)21(26-19)23-22-14-17-12-10-16(2)11-13-17/h4-6,8-14,19H,3,7,15H2,1-2H3. The highest BCUT2D eigenvalue weighted by atomic mass is 32.2. The molecule has 1 heterocycles. The third-order valence-electron chi connectivity index (χ3n) is 4.18. The van der Waals surface area contributed by atoms with Crippen molar-refractivity contribution in [3.05, 3.63) is 71.3 Å². The molecule has 0 saturated carbocycles. The quantitative estimate of drug-likeness (QED) is 0.553. The molecule has 0 bridgehead atoms. The number of nitrogens with zero attached hydrogens (tertiary/aromatic N) is 3. The average molecular weight is 366 g/mol. The van der Waals surface area contributed by atoms with Crippen LogP contribution in [0.3, 0.4) is 0 Å². The Morgan fingerprint density at radius 3 is 2.54 bits per heavy atom. The van der Waals surface area contributed by atoms with E-state index in [2.05, 4.69) is 24.1 Å². The average Bonchev–Trinajstić information content (AvgIpc) is 2.94. The van der Waals surface area contributed by atoms with Crippen LogP contribution >= 0.6 is 11.8 Å². The van der Waals surface area contributed by atoms with Crippen molar-refractivity contribution < 1.29 is 4.79 Å². The number of hydrogen-bond acceptors (Lipinski definition) is 4. The van der Waals surface area contributed by atoms with E-state index in [9.17, 15) is 4.79 Å². The molecule has 0 N–H and O–H groups in total. The normalized spacial score (nSPS) is 19.0. The van der Waals surface area contributed by atoms with Crippen LogP contribution in [0.2, 0.25) is 0 Å². The minimum absolute atomic E-state index is 0.0583. The SMILES string of the molecule is CCCC1SC(=NN=Cc2ccc(C)cc2)N(Cc2ccccc2)C1=O. The first kappa shape index (κ1) is 18.4. The van der Waals surface area contributed by atoms with Gasteiger partial charge in [-0.1, -0.05) is 85.3 Å². The summed E-state index contributed by atoms with van der Waals surface area (Å²) in [6.07, 6.45) is 3.56. The van der Waals surface area contributed by atoms with E-state index < -0.39 is 0 Å². The zero-order valence-corrected chi connectivity index (χ0v) is 15.9. The van der Waals surface area contributed by atoms with Crippen LogP contribution in [-0.4, -0.2) is 27.4 Å². The number of benzene rings is 2. The molecule has 4 nitrogen and oxygen atoms in total. The molecule has 0 aliphatic carbocycles. The smallest absolute Gasteiger partial charge is 0.242 e. The predicted molar refractivity (Wildman–Crippen MR) is 109 cm³/mol. The summed E-state index contributed by atoms with van der Waals surface area (Å²) in [6, 6.07) is 18.1. The van der Waals surface area contributed by atoms with E-state index in [0.29, 0.717) is 11.7 Å². The van der Waals surface area contributed by atoms with Gasteiger partial charge in [0.25, 0.3) is 0 Å². The van der Waals surface area contributed by atoms with Crippen molar-refractivity contribution in [1.29, 1.82) is 0 Å². The molecule has 0 aromatic heterocycles. The van der Waals surface area contributed by atoms with Crippen LogP contribution in [0.25, 0.3) is 0 Å². The fourth-order valence-electron chi connectivity index (χ4n) is 2.74. The van der Waals surface area contributed by atoms with Crippen LogP contribution < -0.4 is 0 Å². The van der Waals surface area contributed by atoms with Crippen LogP contribution in [0, 0.1) is 6.92 Å². The molecule has 26 heavy (non-hydrogen) atoms. The van der Waals surface area contributed by atoms with Crippen molar-refractivity contribution in [3.63, 3.8) is 0 Å². The Labute approximate surface area is 159 Å². The molecule has 3 rings (SSSR count). The highest BCUT2D eigenvalue weighted by Crippen LogP contribution is 2.31. The number of amidine groups is 1. The van der Waals surface area contributed by atoms with E-state index in [1.54, 1.807) is 11.1 Å². The molecule has 5 heteroatoms. The molecule has 2 aromatic rings. The predicted octanol–water partition coefficient (Wildman–Crippen LogP) is 4.63. The van der Waals surface area contributed by atoms with Crippen molar-refractivity contribution >= 4 is 29.1 Å². The van der Waals surface area contributed by atoms with Gasteiger partial charge in [0.05, 0.1) is 18.0 Å². The minimum Gasteiger partial charge on any atom is -0.284 e. The zero-order chi connectivity index (χ0) is 18.4. The van der Waals surface area contributed by atoms with E-state index in [1.807, 2.05) is 54.6 Å². The van der Waals surface area contributed by atoms with E-state index in [0.717, 1.165) is 24.0 Å². The first-order valence-electron chi connectivity index (χ1n) is 8.87. The van der Waals surface area contributed by atoms with E-state index in [1.165, 1.54) is 17.3 Å². The number of hydrogen-bond donors (Lipinski definition) is 0. The first-order valence-corrected chi connectivity index (χ1v) is 9.75. The second-order valence-electron chi connectivity index (χ2n) is 6.34. The van der Waals surface area contributed by atoms with Gasteiger partial charge in [0.2, 0.25) is 5.91 Å². The summed E-state index contributed by atoms with van der Waals surface area (Å²) >= 11 is 1.52. The molecule has 2 aromatic carbocycles. The van der Waals surface area contributed by atoms with E-state index >= 15 is 0 Å². The van der Waals surface area contributed by atoms with Gasteiger partial charge in [-0.25, -0.2) is 0 Å². The summed E-state index contributed by atoms with van der Waals surface area (Å²) in [6.45, 7) is 4.68. The van der Waals surface area contributed by atoms with Gasteiger partial charge in [0, 0.05) is 0 Å². The van der Waals surface area contributed by atoms with Crippen molar-refractivity contribution in [2.75, 3.05) is 0 Å². The fourth-order valence-corrected chi connectivity index (χ4v) is 3.95. The fraction of sp³-hybridized carbons (Fsp3) is 0.286. The maximum atomic E-state index is 12.8. The van der Waals surface area contributed by atoms with Crippen molar-refractivity contribution in [2.24, 2.45) is 10.2 Å². The first-order chi connectivity index (χ1) is 12.7. The van der Waals surface area contributed by atoms with Crippen LogP contribution in [0.5, 0.6) is 0 Å². The number of carbonyl (C=O) groups is 1. The minimum atomic E-state index is -0.0583. The summed E-state index contributed by atoms with van der Waals surface area (Å²) in [5.74, 6) is 0.130. The van der Waals surface area contributed by atoms with Gasteiger partial charge >= 0.3 is 0 Å². The molecule has 1 aliphatic rings. The maximum absolute atomic E-state index is 12.8. The van der Waals surface area contributed by atoms with Gasteiger partial charge in [-0.3, -0.25) is 9.69 Å². The van der Waals surface area contributed by atoms with Gasteiger partial charge < -0.3 is 0 Å². The second kappa shape index (κ2) is 8.81. The Kier molecular flexibility index (Phi) is 6.23. The lowest BCUT2D eigenvalue weighted by Crippen LogP contribution is -2.31. The van der Waals surface area contributed by atoms with Crippen molar-refractivity contribution in [1.82, 2.24) is 4.90 Å². The summed E-state index contributed by atoms with van der Waals surface area (Å²) in [5.41, 5.74) is 3.30. The van der Waals surface area contributed by atoms with Crippen LogP contribution in [0.1, 0.15) is 36.5 Å². The van der Waals surface area contributed by atoms with Crippen molar-refractivity contribution in [2.45, 2.75) is 38.5 Å².